The third kappa shape index (κ3) is 4.29. The molecule has 0 radical (unpaired) electrons. The van der Waals surface area contributed by atoms with E-state index in [4.69, 9.17) is 9.47 Å². The van der Waals surface area contributed by atoms with E-state index in [1.807, 2.05) is 49.4 Å². The molecule has 1 heterocycles. The Morgan fingerprint density at radius 2 is 1.67 bits per heavy atom. The molecule has 0 saturated heterocycles. The first kappa shape index (κ1) is 22.4. The summed E-state index contributed by atoms with van der Waals surface area (Å²) in [5.74, 6) is -0.0807. The van der Waals surface area contributed by atoms with Crippen molar-refractivity contribution in [3.8, 4) is 11.5 Å². The Labute approximate surface area is 192 Å². The Balaban J connectivity index is 1.70. The van der Waals surface area contributed by atoms with Crippen molar-refractivity contribution in [1.82, 2.24) is 4.90 Å². The molecule has 1 N–H and O–H groups in total. The number of aliphatic hydroxyl groups excluding tert-OH is 1. The zero-order valence-electron chi connectivity index (χ0n) is 18.8. The van der Waals surface area contributed by atoms with Crippen LogP contribution in [0.4, 0.5) is 4.39 Å². The summed E-state index contributed by atoms with van der Waals surface area (Å²) in [6, 6.07) is 18.7. The first-order chi connectivity index (χ1) is 15.9. The normalized spacial score (nSPS) is 15.8. The van der Waals surface area contributed by atoms with Crippen LogP contribution in [0.5, 0.6) is 11.5 Å². The van der Waals surface area contributed by atoms with Gasteiger partial charge in [-0.3, -0.25) is 4.79 Å². The van der Waals surface area contributed by atoms with Gasteiger partial charge in [0.2, 0.25) is 0 Å². The van der Waals surface area contributed by atoms with Gasteiger partial charge in [-0.15, -0.1) is 0 Å². The first-order valence-corrected chi connectivity index (χ1v) is 10.7. The molecule has 4 rings (SSSR count). The van der Waals surface area contributed by atoms with Gasteiger partial charge in [-0.1, -0.05) is 54.1 Å². The van der Waals surface area contributed by atoms with Gasteiger partial charge in [0.05, 0.1) is 20.3 Å². The SMILES string of the molecule is COc1ccc(CCN2C(=O)C(O)=C(c3ccc(C)cc3)[C@H]2c2ccccc2F)cc1OC. The van der Waals surface area contributed by atoms with E-state index < -0.39 is 17.8 Å². The molecule has 0 unspecified atom stereocenters. The smallest absolute Gasteiger partial charge is 0.289 e. The van der Waals surface area contributed by atoms with Crippen LogP contribution >= 0.6 is 0 Å². The standard InChI is InChI=1S/C27H26FNO4/c1-17-8-11-19(12-9-17)24-25(20-6-4-5-7-21(20)28)29(27(31)26(24)30)15-14-18-10-13-22(32-2)23(16-18)33-3/h4-13,16,25,30H,14-15H2,1-3H3/t25-/m1/s1. The summed E-state index contributed by atoms with van der Waals surface area (Å²) in [5, 5.41) is 10.9. The van der Waals surface area contributed by atoms with E-state index in [0.29, 0.717) is 34.6 Å². The molecule has 1 aliphatic rings. The van der Waals surface area contributed by atoms with Crippen molar-refractivity contribution in [1.29, 1.82) is 0 Å². The largest absolute Gasteiger partial charge is 0.503 e. The molecule has 1 amide bonds. The predicted molar refractivity (Wildman–Crippen MR) is 125 cm³/mol. The number of ether oxygens (including phenoxy) is 2. The fourth-order valence-electron chi connectivity index (χ4n) is 4.22. The van der Waals surface area contributed by atoms with Crippen molar-refractivity contribution in [2.24, 2.45) is 0 Å². The van der Waals surface area contributed by atoms with Crippen molar-refractivity contribution >= 4 is 11.5 Å². The number of nitrogens with zero attached hydrogens (tertiary/aromatic N) is 1. The Kier molecular flexibility index (Phi) is 6.36. The zero-order chi connectivity index (χ0) is 23.5. The Morgan fingerprint density at radius 1 is 0.970 bits per heavy atom. The van der Waals surface area contributed by atoms with Crippen LogP contribution in [-0.4, -0.2) is 36.7 Å². The van der Waals surface area contributed by atoms with E-state index in [1.54, 1.807) is 32.4 Å². The lowest BCUT2D eigenvalue weighted by Gasteiger charge is -2.28. The number of rotatable bonds is 7. The minimum absolute atomic E-state index is 0.284. The van der Waals surface area contributed by atoms with Gasteiger partial charge in [0.25, 0.3) is 5.91 Å². The number of hydrogen-bond acceptors (Lipinski definition) is 4. The highest BCUT2D eigenvalue weighted by Gasteiger charge is 2.41. The van der Waals surface area contributed by atoms with Crippen molar-refractivity contribution < 1.29 is 23.8 Å². The van der Waals surface area contributed by atoms with Crippen molar-refractivity contribution in [3.63, 3.8) is 0 Å². The number of methoxy groups -OCH3 is 2. The lowest BCUT2D eigenvalue weighted by Crippen LogP contribution is -2.32. The third-order valence-corrected chi connectivity index (χ3v) is 5.96. The molecule has 3 aromatic carbocycles. The van der Waals surface area contributed by atoms with Crippen molar-refractivity contribution in [2.45, 2.75) is 19.4 Å². The Bertz CT molecular complexity index is 1200. The Morgan fingerprint density at radius 3 is 2.33 bits per heavy atom. The molecular weight excluding hydrogens is 421 g/mol. The summed E-state index contributed by atoms with van der Waals surface area (Å²) < 4.78 is 25.6. The lowest BCUT2D eigenvalue weighted by atomic mass is 9.92. The minimum Gasteiger partial charge on any atom is -0.503 e. The van der Waals surface area contributed by atoms with E-state index in [1.165, 1.54) is 11.0 Å². The van der Waals surface area contributed by atoms with Crippen molar-refractivity contribution in [3.05, 3.63) is 101 Å². The predicted octanol–water partition coefficient (Wildman–Crippen LogP) is 5.25. The van der Waals surface area contributed by atoms with E-state index in [9.17, 15) is 14.3 Å². The zero-order valence-corrected chi connectivity index (χ0v) is 18.8. The fraction of sp³-hybridized carbons (Fsp3) is 0.222. The average molecular weight is 448 g/mol. The van der Waals surface area contributed by atoms with Crippen LogP contribution < -0.4 is 9.47 Å². The topological polar surface area (TPSA) is 59.0 Å². The van der Waals surface area contributed by atoms with E-state index in [-0.39, 0.29) is 12.3 Å². The van der Waals surface area contributed by atoms with Gasteiger partial charge in [0, 0.05) is 17.7 Å². The molecule has 6 heteroatoms. The number of benzene rings is 3. The van der Waals surface area contributed by atoms with Gasteiger partial charge in [-0.2, -0.15) is 0 Å². The second kappa shape index (κ2) is 9.36. The van der Waals surface area contributed by atoms with Crippen LogP contribution in [-0.2, 0) is 11.2 Å². The summed E-state index contributed by atoms with van der Waals surface area (Å²) in [4.78, 5) is 14.7. The lowest BCUT2D eigenvalue weighted by molar-refractivity contribution is -0.129. The van der Waals surface area contributed by atoms with Crippen LogP contribution in [0.1, 0.15) is 28.3 Å². The molecule has 170 valence electrons. The minimum atomic E-state index is -0.735. The van der Waals surface area contributed by atoms with Crippen LogP contribution in [0.15, 0.2) is 72.5 Å². The van der Waals surface area contributed by atoms with Crippen molar-refractivity contribution in [2.75, 3.05) is 20.8 Å². The number of halogens is 1. The van der Waals surface area contributed by atoms with Gasteiger partial charge in [0.1, 0.15) is 5.82 Å². The maximum absolute atomic E-state index is 14.9. The summed E-state index contributed by atoms with van der Waals surface area (Å²) in [6.07, 6.45) is 0.492. The number of aliphatic hydroxyl groups is 1. The number of amides is 1. The maximum Gasteiger partial charge on any atom is 0.289 e. The molecule has 0 fully saturated rings. The van der Waals surface area contributed by atoms with Crippen LogP contribution in [0, 0.1) is 12.7 Å². The molecule has 0 aromatic heterocycles. The van der Waals surface area contributed by atoms with Gasteiger partial charge in [0.15, 0.2) is 17.3 Å². The maximum atomic E-state index is 14.9. The molecule has 0 spiro atoms. The van der Waals surface area contributed by atoms with Gasteiger partial charge in [-0.25, -0.2) is 4.39 Å². The van der Waals surface area contributed by atoms with E-state index >= 15 is 0 Å². The average Bonchev–Trinajstić information content (AvgIpc) is 3.08. The number of hydrogen-bond donors (Lipinski definition) is 1. The molecule has 5 nitrogen and oxygen atoms in total. The van der Waals surface area contributed by atoms with Crippen LogP contribution in [0.3, 0.4) is 0 Å². The third-order valence-electron chi connectivity index (χ3n) is 5.96. The summed E-state index contributed by atoms with van der Waals surface area (Å²) >= 11 is 0. The number of carbonyl (C=O) groups is 1. The molecule has 3 aromatic rings. The van der Waals surface area contributed by atoms with E-state index in [2.05, 4.69) is 0 Å². The van der Waals surface area contributed by atoms with Gasteiger partial charge in [-0.05, 0) is 42.7 Å². The second-order valence-electron chi connectivity index (χ2n) is 7.99. The molecule has 33 heavy (non-hydrogen) atoms. The summed E-state index contributed by atoms with van der Waals surface area (Å²) in [5.41, 5.74) is 3.43. The van der Waals surface area contributed by atoms with Crippen LogP contribution in [0.2, 0.25) is 0 Å². The highest BCUT2D eigenvalue weighted by molar-refractivity contribution is 6.05. The van der Waals surface area contributed by atoms with Gasteiger partial charge < -0.3 is 19.5 Å². The number of aryl methyl sites for hydroxylation is 1. The van der Waals surface area contributed by atoms with Gasteiger partial charge >= 0.3 is 0 Å². The fourth-order valence-corrected chi connectivity index (χ4v) is 4.22. The summed E-state index contributed by atoms with van der Waals surface area (Å²) in [7, 11) is 3.14. The monoisotopic (exact) mass is 447 g/mol. The molecule has 0 aliphatic carbocycles. The molecule has 0 bridgehead atoms. The van der Waals surface area contributed by atoms with E-state index in [0.717, 1.165) is 11.1 Å². The molecule has 0 saturated carbocycles. The highest BCUT2D eigenvalue weighted by atomic mass is 19.1. The quantitative estimate of drug-likeness (QED) is 0.538. The molecular formula is C27H26FNO4. The highest BCUT2D eigenvalue weighted by Crippen LogP contribution is 2.43. The second-order valence-corrected chi connectivity index (χ2v) is 7.99. The summed E-state index contributed by atoms with van der Waals surface area (Å²) in [6.45, 7) is 2.24. The Hall–Kier alpha value is -3.80. The molecule has 1 aliphatic heterocycles. The molecule has 1 atom stereocenters. The number of carbonyl (C=O) groups excluding carboxylic acids is 1. The first-order valence-electron chi connectivity index (χ1n) is 10.7. The van der Waals surface area contributed by atoms with Crippen LogP contribution in [0.25, 0.3) is 5.57 Å².